The minimum atomic E-state index is -0.600. The van der Waals surface area contributed by atoms with Crippen molar-refractivity contribution in [3.63, 3.8) is 0 Å². The predicted molar refractivity (Wildman–Crippen MR) is 67.3 cm³/mol. The van der Waals surface area contributed by atoms with E-state index >= 15 is 0 Å². The van der Waals surface area contributed by atoms with Gasteiger partial charge in [0.1, 0.15) is 5.00 Å². The number of thiophene rings is 1. The maximum atomic E-state index is 11.5. The largest absolute Gasteiger partial charge is 0.466 e. The number of carbonyl (C=O) groups excluding carboxylic acids is 3. The van der Waals surface area contributed by atoms with Crippen LogP contribution in [0.1, 0.15) is 30.1 Å². The minimum Gasteiger partial charge on any atom is -0.466 e. The first-order chi connectivity index (χ1) is 8.54. The van der Waals surface area contributed by atoms with Gasteiger partial charge in [-0.05, 0) is 18.4 Å². The molecule has 7 heteroatoms. The number of rotatable bonds is 6. The molecule has 1 heterocycles. The molecule has 0 atom stereocenters. The summed E-state index contributed by atoms with van der Waals surface area (Å²) in [5.74, 6) is -1.38. The van der Waals surface area contributed by atoms with E-state index in [0.29, 0.717) is 5.00 Å². The van der Waals surface area contributed by atoms with Gasteiger partial charge in [0.25, 0.3) is 5.91 Å². The highest BCUT2D eigenvalue weighted by atomic mass is 32.1. The van der Waals surface area contributed by atoms with Crippen LogP contribution >= 0.6 is 11.3 Å². The summed E-state index contributed by atoms with van der Waals surface area (Å²) < 4.78 is 4.70. The highest BCUT2D eigenvalue weighted by Crippen LogP contribution is 2.22. The fourth-order valence-corrected chi connectivity index (χ4v) is 2.05. The predicted octanol–water partition coefficient (Wildman–Crippen LogP) is 1.13. The van der Waals surface area contributed by atoms with Gasteiger partial charge in [-0.15, -0.1) is 11.3 Å². The third-order valence-electron chi connectivity index (χ3n) is 2.05. The van der Waals surface area contributed by atoms with Crippen LogP contribution in [0, 0.1) is 0 Å². The van der Waals surface area contributed by atoms with Crippen LogP contribution in [0.3, 0.4) is 0 Å². The quantitative estimate of drug-likeness (QED) is 0.757. The van der Waals surface area contributed by atoms with Gasteiger partial charge >= 0.3 is 5.97 Å². The number of primary amides is 1. The zero-order valence-corrected chi connectivity index (χ0v) is 10.7. The summed E-state index contributed by atoms with van der Waals surface area (Å²) in [4.78, 5) is 33.6. The topological polar surface area (TPSA) is 98.5 Å². The Labute approximate surface area is 108 Å². The summed E-state index contributed by atoms with van der Waals surface area (Å²) >= 11 is 1.20. The molecule has 0 aliphatic rings. The molecule has 0 aromatic carbocycles. The lowest BCUT2D eigenvalue weighted by molar-refractivity contribution is -0.144. The van der Waals surface area contributed by atoms with Crippen molar-refractivity contribution in [3.05, 3.63) is 17.0 Å². The normalized spacial score (nSPS) is 9.83. The number of carbonyl (C=O) groups is 3. The van der Waals surface area contributed by atoms with Gasteiger partial charge in [-0.2, -0.15) is 0 Å². The molecule has 1 aromatic heterocycles. The van der Waals surface area contributed by atoms with Gasteiger partial charge in [0, 0.05) is 6.42 Å². The molecule has 3 N–H and O–H groups in total. The maximum Gasteiger partial charge on any atom is 0.306 e. The Morgan fingerprint density at radius 2 is 2.11 bits per heavy atom. The van der Waals surface area contributed by atoms with E-state index in [4.69, 9.17) is 10.5 Å². The molecule has 0 aliphatic heterocycles. The summed E-state index contributed by atoms with van der Waals surface area (Å²) in [7, 11) is 0. The lowest BCUT2D eigenvalue weighted by atomic mass is 10.2. The summed E-state index contributed by atoms with van der Waals surface area (Å²) in [5.41, 5.74) is 5.41. The van der Waals surface area contributed by atoms with Crippen LogP contribution < -0.4 is 11.1 Å². The number of nitrogens with one attached hydrogen (secondary N) is 1. The highest BCUT2D eigenvalue weighted by Gasteiger charge is 2.13. The van der Waals surface area contributed by atoms with Gasteiger partial charge in [0.05, 0.1) is 18.6 Å². The molecule has 0 radical (unpaired) electrons. The van der Waals surface area contributed by atoms with Crippen LogP contribution in [0.5, 0.6) is 0 Å². The van der Waals surface area contributed by atoms with Crippen LogP contribution in [0.15, 0.2) is 11.4 Å². The minimum absolute atomic E-state index is 0.00886. The average Bonchev–Trinajstić information content (AvgIpc) is 2.75. The third kappa shape index (κ3) is 4.17. The second-order valence-electron chi connectivity index (χ2n) is 3.38. The summed E-state index contributed by atoms with van der Waals surface area (Å²) in [6.07, 6.45) is 0.0197. The Balaban J connectivity index is 2.47. The van der Waals surface area contributed by atoms with Crippen molar-refractivity contribution in [1.82, 2.24) is 0 Å². The standard InChI is InChI=1S/C11H14N2O4S/c1-2-17-9(15)4-3-8(14)13-11-7(10(12)16)5-6-18-11/h5-6H,2-4H2,1H3,(H2,12,16)(H,13,14). The van der Waals surface area contributed by atoms with Gasteiger partial charge < -0.3 is 15.8 Å². The molecule has 0 spiro atoms. The van der Waals surface area contributed by atoms with E-state index in [1.807, 2.05) is 0 Å². The van der Waals surface area contributed by atoms with Crippen molar-refractivity contribution < 1.29 is 19.1 Å². The first kappa shape index (κ1) is 14.2. The van der Waals surface area contributed by atoms with Crippen molar-refractivity contribution in [1.29, 1.82) is 0 Å². The Hall–Kier alpha value is -1.89. The van der Waals surface area contributed by atoms with Crippen molar-refractivity contribution in [3.8, 4) is 0 Å². The molecule has 0 aliphatic carbocycles. The van der Waals surface area contributed by atoms with Crippen molar-refractivity contribution >= 4 is 34.1 Å². The Kier molecular flexibility index (Phi) is 5.31. The van der Waals surface area contributed by atoms with Crippen LogP contribution in [0.25, 0.3) is 0 Å². The van der Waals surface area contributed by atoms with Crippen LogP contribution in [0.2, 0.25) is 0 Å². The van der Waals surface area contributed by atoms with Gasteiger partial charge in [-0.3, -0.25) is 14.4 Å². The number of hydrogen-bond donors (Lipinski definition) is 2. The molecular formula is C11H14N2O4S. The molecule has 1 aromatic rings. The zero-order valence-electron chi connectivity index (χ0n) is 9.89. The number of amides is 2. The number of hydrogen-bond acceptors (Lipinski definition) is 5. The van der Waals surface area contributed by atoms with E-state index in [1.54, 1.807) is 12.3 Å². The molecule has 6 nitrogen and oxygen atoms in total. The number of nitrogens with two attached hydrogens (primary N) is 1. The Morgan fingerprint density at radius 1 is 1.39 bits per heavy atom. The van der Waals surface area contributed by atoms with Gasteiger partial charge in [0.15, 0.2) is 0 Å². The Morgan fingerprint density at radius 3 is 2.72 bits per heavy atom. The van der Waals surface area contributed by atoms with E-state index in [-0.39, 0.29) is 30.9 Å². The zero-order chi connectivity index (χ0) is 13.5. The fourth-order valence-electron chi connectivity index (χ4n) is 1.24. The first-order valence-electron chi connectivity index (χ1n) is 5.37. The van der Waals surface area contributed by atoms with E-state index in [2.05, 4.69) is 5.32 Å². The van der Waals surface area contributed by atoms with E-state index < -0.39 is 11.9 Å². The van der Waals surface area contributed by atoms with Gasteiger partial charge in [0.2, 0.25) is 5.91 Å². The van der Waals surface area contributed by atoms with Crippen LogP contribution in [-0.4, -0.2) is 24.4 Å². The van der Waals surface area contributed by atoms with Crippen molar-refractivity contribution in [2.24, 2.45) is 5.73 Å². The number of esters is 1. The van der Waals surface area contributed by atoms with Crippen molar-refractivity contribution in [2.75, 3.05) is 11.9 Å². The maximum absolute atomic E-state index is 11.5. The second kappa shape index (κ2) is 6.75. The van der Waals surface area contributed by atoms with Crippen LogP contribution in [0.4, 0.5) is 5.00 Å². The van der Waals surface area contributed by atoms with E-state index in [9.17, 15) is 14.4 Å². The second-order valence-corrected chi connectivity index (χ2v) is 4.30. The van der Waals surface area contributed by atoms with Gasteiger partial charge in [-0.1, -0.05) is 0 Å². The summed E-state index contributed by atoms with van der Waals surface area (Å²) in [6.45, 7) is 1.99. The molecule has 0 saturated heterocycles. The molecule has 98 valence electrons. The van der Waals surface area contributed by atoms with E-state index in [0.717, 1.165) is 0 Å². The molecular weight excluding hydrogens is 256 g/mol. The van der Waals surface area contributed by atoms with Crippen LogP contribution in [-0.2, 0) is 14.3 Å². The molecule has 1 rings (SSSR count). The lowest BCUT2D eigenvalue weighted by Gasteiger charge is -2.04. The lowest BCUT2D eigenvalue weighted by Crippen LogP contribution is -2.17. The van der Waals surface area contributed by atoms with E-state index in [1.165, 1.54) is 17.4 Å². The highest BCUT2D eigenvalue weighted by molar-refractivity contribution is 7.14. The summed E-state index contributed by atoms with van der Waals surface area (Å²) in [5, 5.41) is 4.59. The molecule has 0 fully saturated rings. The van der Waals surface area contributed by atoms with Crippen molar-refractivity contribution in [2.45, 2.75) is 19.8 Å². The first-order valence-corrected chi connectivity index (χ1v) is 6.25. The molecule has 0 saturated carbocycles. The summed E-state index contributed by atoms with van der Waals surface area (Å²) in [6, 6.07) is 1.54. The fraction of sp³-hybridized carbons (Fsp3) is 0.364. The number of anilines is 1. The smallest absolute Gasteiger partial charge is 0.306 e. The number of ether oxygens (including phenoxy) is 1. The SMILES string of the molecule is CCOC(=O)CCC(=O)Nc1sccc1C(N)=O. The molecule has 18 heavy (non-hydrogen) atoms. The average molecular weight is 270 g/mol. The van der Waals surface area contributed by atoms with Gasteiger partial charge in [-0.25, -0.2) is 0 Å². The third-order valence-corrected chi connectivity index (χ3v) is 2.87. The molecule has 2 amide bonds. The molecule has 0 unspecified atom stereocenters. The Bertz CT molecular complexity index is 456. The molecule has 0 bridgehead atoms. The monoisotopic (exact) mass is 270 g/mol.